The van der Waals surface area contributed by atoms with Crippen LogP contribution >= 0.6 is 0 Å². The van der Waals surface area contributed by atoms with Crippen LogP contribution in [0.5, 0.6) is 0 Å². The SMILES string of the molecule is CC[C@H](CC1CCCCC1)N(Cc1ccc(C(=O)OC)c(-c2ccccc2C)c1)C(=O)OC(C)(C)C. The second-order valence-electron chi connectivity index (χ2n) is 11.1. The number of ether oxygens (including phenoxy) is 2. The Balaban J connectivity index is 1.98. The van der Waals surface area contributed by atoms with Crippen molar-refractivity contribution in [3.63, 3.8) is 0 Å². The van der Waals surface area contributed by atoms with Crippen molar-refractivity contribution in [3.05, 3.63) is 59.2 Å². The van der Waals surface area contributed by atoms with Crippen molar-refractivity contribution < 1.29 is 19.1 Å². The maximum Gasteiger partial charge on any atom is 0.410 e. The Kier molecular flexibility index (Phi) is 9.58. The van der Waals surface area contributed by atoms with E-state index in [1.807, 2.05) is 75.1 Å². The second-order valence-corrected chi connectivity index (χ2v) is 11.1. The van der Waals surface area contributed by atoms with E-state index >= 15 is 0 Å². The normalized spacial score (nSPS) is 15.3. The van der Waals surface area contributed by atoms with Crippen LogP contribution in [-0.4, -0.2) is 35.7 Å². The summed E-state index contributed by atoms with van der Waals surface area (Å²) in [4.78, 5) is 28.0. The molecule has 2 aromatic rings. The van der Waals surface area contributed by atoms with Crippen molar-refractivity contribution in [2.45, 2.75) is 97.8 Å². The molecule has 5 heteroatoms. The average molecular weight is 494 g/mol. The highest BCUT2D eigenvalue weighted by molar-refractivity contribution is 5.97. The van der Waals surface area contributed by atoms with Gasteiger partial charge in [0.05, 0.1) is 12.7 Å². The standard InChI is InChI=1S/C31H43NO4/c1-7-25(19-23-14-9-8-10-15-23)32(30(34)36-31(3,4)5)21-24-17-18-27(29(33)35-6)28(20-24)26-16-12-11-13-22(26)2/h11-13,16-18,20,23,25H,7-10,14-15,19,21H2,1-6H3/t25-/m1/s1. The van der Waals surface area contributed by atoms with Crippen LogP contribution in [0.4, 0.5) is 4.79 Å². The molecule has 1 saturated carbocycles. The van der Waals surface area contributed by atoms with Gasteiger partial charge in [-0.3, -0.25) is 0 Å². The van der Waals surface area contributed by atoms with E-state index in [9.17, 15) is 9.59 Å². The van der Waals surface area contributed by atoms with E-state index in [1.165, 1.54) is 39.2 Å². The Morgan fingerprint density at radius 3 is 2.33 bits per heavy atom. The molecule has 0 N–H and O–H groups in total. The fraction of sp³-hybridized carbons (Fsp3) is 0.548. The molecule has 1 atom stereocenters. The first-order valence-corrected chi connectivity index (χ1v) is 13.4. The summed E-state index contributed by atoms with van der Waals surface area (Å²) < 4.78 is 10.9. The van der Waals surface area contributed by atoms with Crippen molar-refractivity contribution in [1.29, 1.82) is 0 Å². The van der Waals surface area contributed by atoms with Gasteiger partial charge in [-0.25, -0.2) is 9.59 Å². The molecular formula is C31H43NO4. The first-order chi connectivity index (χ1) is 17.1. The highest BCUT2D eigenvalue weighted by Crippen LogP contribution is 2.32. The molecule has 0 radical (unpaired) electrons. The van der Waals surface area contributed by atoms with Crippen molar-refractivity contribution in [2.75, 3.05) is 7.11 Å². The van der Waals surface area contributed by atoms with Gasteiger partial charge in [-0.15, -0.1) is 0 Å². The molecular weight excluding hydrogens is 450 g/mol. The first kappa shape index (κ1) is 27.8. The van der Waals surface area contributed by atoms with Gasteiger partial charge in [0, 0.05) is 12.6 Å². The van der Waals surface area contributed by atoms with Gasteiger partial charge in [-0.05, 0) is 80.8 Å². The average Bonchev–Trinajstić information content (AvgIpc) is 2.85. The van der Waals surface area contributed by atoms with E-state index < -0.39 is 5.60 Å². The predicted molar refractivity (Wildman–Crippen MR) is 145 cm³/mol. The smallest absolute Gasteiger partial charge is 0.410 e. The van der Waals surface area contributed by atoms with Gasteiger partial charge in [-0.1, -0.05) is 69.4 Å². The van der Waals surface area contributed by atoms with E-state index in [1.54, 1.807) is 0 Å². The lowest BCUT2D eigenvalue weighted by molar-refractivity contribution is 0.0101. The largest absolute Gasteiger partial charge is 0.465 e. The zero-order valence-corrected chi connectivity index (χ0v) is 22.9. The van der Waals surface area contributed by atoms with Crippen LogP contribution < -0.4 is 0 Å². The number of nitrogens with zero attached hydrogens (tertiary/aromatic N) is 1. The first-order valence-electron chi connectivity index (χ1n) is 13.4. The summed E-state index contributed by atoms with van der Waals surface area (Å²) in [5, 5.41) is 0. The Hall–Kier alpha value is -2.82. The van der Waals surface area contributed by atoms with E-state index in [0.717, 1.165) is 35.1 Å². The number of aryl methyl sites for hydroxylation is 1. The highest BCUT2D eigenvalue weighted by atomic mass is 16.6. The van der Waals surface area contributed by atoms with Gasteiger partial charge in [0.25, 0.3) is 0 Å². The molecule has 196 valence electrons. The van der Waals surface area contributed by atoms with Crippen LogP contribution in [0.1, 0.15) is 94.1 Å². The van der Waals surface area contributed by atoms with E-state index in [2.05, 4.69) is 6.92 Å². The monoisotopic (exact) mass is 493 g/mol. The zero-order chi connectivity index (χ0) is 26.3. The minimum atomic E-state index is -0.570. The summed E-state index contributed by atoms with van der Waals surface area (Å²) in [6, 6.07) is 13.9. The molecule has 0 spiro atoms. The molecule has 1 amide bonds. The topological polar surface area (TPSA) is 55.8 Å². The number of rotatable bonds is 8. The minimum Gasteiger partial charge on any atom is -0.465 e. The van der Waals surface area contributed by atoms with Crippen LogP contribution in [0.15, 0.2) is 42.5 Å². The van der Waals surface area contributed by atoms with Gasteiger partial charge in [0.2, 0.25) is 0 Å². The Bertz CT molecular complexity index is 1030. The molecule has 0 aliphatic heterocycles. The molecule has 1 aliphatic carbocycles. The fourth-order valence-corrected chi connectivity index (χ4v) is 5.26. The molecule has 0 unspecified atom stereocenters. The van der Waals surface area contributed by atoms with E-state index in [4.69, 9.17) is 9.47 Å². The van der Waals surface area contributed by atoms with Crippen molar-refractivity contribution >= 4 is 12.1 Å². The molecule has 1 aliphatic rings. The molecule has 36 heavy (non-hydrogen) atoms. The number of carbonyl (C=O) groups excluding carboxylic acids is 2. The van der Waals surface area contributed by atoms with Gasteiger partial charge >= 0.3 is 12.1 Å². The van der Waals surface area contributed by atoms with E-state index in [0.29, 0.717) is 18.0 Å². The van der Waals surface area contributed by atoms with Crippen LogP contribution in [0, 0.1) is 12.8 Å². The lowest BCUT2D eigenvalue weighted by Crippen LogP contribution is -2.43. The summed E-state index contributed by atoms with van der Waals surface area (Å²) in [6.07, 6.45) is 7.96. The van der Waals surface area contributed by atoms with Gasteiger partial charge < -0.3 is 14.4 Å². The molecule has 1 fully saturated rings. The number of hydrogen-bond acceptors (Lipinski definition) is 4. The molecule has 0 saturated heterocycles. The number of benzene rings is 2. The Morgan fingerprint density at radius 2 is 1.72 bits per heavy atom. The molecule has 5 nitrogen and oxygen atoms in total. The molecule has 0 bridgehead atoms. The summed E-state index contributed by atoms with van der Waals surface area (Å²) in [7, 11) is 1.40. The number of methoxy groups -OCH3 is 1. The number of amides is 1. The molecule has 2 aromatic carbocycles. The Morgan fingerprint density at radius 1 is 1.03 bits per heavy atom. The van der Waals surface area contributed by atoms with Crippen molar-refractivity contribution in [2.24, 2.45) is 5.92 Å². The van der Waals surface area contributed by atoms with Crippen molar-refractivity contribution in [1.82, 2.24) is 4.90 Å². The summed E-state index contributed by atoms with van der Waals surface area (Å²) in [5.41, 5.74) is 3.80. The third kappa shape index (κ3) is 7.35. The zero-order valence-electron chi connectivity index (χ0n) is 22.9. The summed E-state index contributed by atoms with van der Waals surface area (Å²) >= 11 is 0. The second kappa shape index (κ2) is 12.4. The molecule has 3 rings (SSSR count). The maximum absolute atomic E-state index is 13.5. The van der Waals surface area contributed by atoms with Crippen LogP contribution in [0.2, 0.25) is 0 Å². The fourth-order valence-electron chi connectivity index (χ4n) is 5.26. The third-order valence-electron chi connectivity index (χ3n) is 7.15. The van der Waals surface area contributed by atoms with Gasteiger partial charge in [0.15, 0.2) is 0 Å². The van der Waals surface area contributed by atoms with E-state index in [-0.39, 0.29) is 18.1 Å². The van der Waals surface area contributed by atoms with Gasteiger partial charge in [-0.2, -0.15) is 0 Å². The van der Waals surface area contributed by atoms with Gasteiger partial charge in [0.1, 0.15) is 5.60 Å². The minimum absolute atomic E-state index is 0.102. The summed E-state index contributed by atoms with van der Waals surface area (Å²) in [6.45, 7) is 10.4. The van der Waals surface area contributed by atoms with Crippen LogP contribution in [-0.2, 0) is 16.0 Å². The Labute approximate surface area is 217 Å². The highest BCUT2D eigenvalue weighted by Gasteiger charge is 2.30. The third-order valence-corrected chi connectivity index (χ3v) is 7.15. The lowest BCUT2D eigenvalue weighted by Gasteiger charge is -2.36. The summed E-state index contributed by atoms with van der Waals surface area (Å²) in [5.74, 6) is 0.283. The predicted octanol–water partition coefficient (Wildman–Crippen LogP) is 7.93. The lowest BCUT2D eigenvalue weighted by atomic mass is 9.84. The number of hydrogen-bond donors (Lipinski definition) is 0. The van der Waals surface area contributed by atoms with Crippen LogP contribution in [0.3, 0.4) is 0 Å². The van der Waals surface area contributed by atoms with Crippen molar-refractivity contribution in [3.8, 4) is 11.1 Å². The quantitative estimate of drug-likeness (QED) is 0.350. The maximum atomic E-state index is 13.5. The molecule has 0 heterocycles. The van der Waals surface area contributed by atoms with Crippen LogP contribution in [0.25, 0.3) is 11.1 Å². The number of carbonyl (C=O) groups is 2. The molecule has 0 aromatic heterocycles. The number of esters is 1.